The topological polar surface area (TPSA) is 12.0 Å². The van der Waals surface area contributed by atoms with Crippen molar-refractivity contribution in [2.75, 3.05) is 7.05 Å². The Kier molecular flexibility index (Phi) is 1.26. The van der Waals surface area contributed by atoms with E-state index in [1.165, 1.54) is 25.7 Å². The van der Waals surface area contributed by atoms with Crippen LogP contribution in [0.5, 0.6) is 0 Å². The minimum absolute atomic E-state index is 0.894. The van der Waals surface area contributed by atoms with Gasteiger partial charge < -0.3 is 5.32 Å². The third-order valence-corrected chi connectivity index (χ3v) is 3.17. The average molecular weight is 125 g/mol. The molecule has 2 bridgehead atoms. The third kappa shape index (κ3) is 0.710. The molecule has 0 unspecified atom stereocenters. The van der Waals surface area contributed by atoms with Gasteiger partial charge in [-0.3, -0.25) is 0 Å². The molecule has 1 N–H and O–H groups in total. The Hall–Kier alpha value is -0.0400. The molecule has 0 aromatic heterocycles. The predicted molar refractivity (Wildman–Crippen MR) is 38.3 cm³/mol. The van der Waals surface area contributed by atoms with Gasteiger partial charge in [-0.15, -0.1) is 0 Å². The minimum atomic E-state index is 0.894. The molecule has 0 aromatic rings. The van der Waals surface area contributed by atoms with Crippen molar-refractivity contribution in [3.8, 4) is 0 Å². The van der Waals surface area contributed by atoms with Gasteiger partial charge in [0.15, 0.2) is 0 Å². The number of hydrogen-bond donors (Lipinski definition) is 1. The Morgan fingerprint density at radius 1 is 1.00 bits per heavy atom. The summed E-state index contributed by atoms with van der Waals surface area (Å²) < 4.78 is 0. The molecule has 0 radical (unpaired) electrons. The van der Waals surface area contributed by atoms with Gasteiger partial charge >= 0.3 is 0 Å². The highest BCUT2D eigenvalue weighted by molar-refractivity contribution is 4.95. The second-order valence-corrected chi connectivity index (χ2v) is 3.49. The lowest BCUT2D eigenvalue weighted by Crippen LogP contribution is -2.29. The van der Waals surface area contributed by atoms with Crippen LogP contribution in [0.4, 0.5) is 0 Å². The van der Waals surface area contributed by atoms with Gasteiger partial charge in [-0.1, -0.05) is 0 Å². The summed E-state index contributed by atoms with van der Waals surface area (Å²) in [6, 6.07) is 0.894. The maximum absolute atomic E-state index is 3.43. The molecule has 0 heterocycles. The maximum Gasteiger partial charge on any atom is 0.0121 e. The molecule has 2 aliphatic carbocycles. The highest BCUT2D eigenvalue weighted by Gasteiger charge is 2.40. The Balaban J connectivity index is 2.08. The van der Waals surface area contributed by atoms with Crippen molar-refractivity contribution in [2.24, 2.45) is 11.8 Å². The van der Waals surface area contributed by atoms with Gasteiger partial charge in [0.2, 0.25) is 0 Å². The summed E-state index contributed by atoms with van der Waals surface area (Å²) in [6.45, 7) is 0. The quantitative estimate of drug-likeness (QED) is 0.558. The lowest BCUT2D eigenvalue weighted by atomic mass is 10.0. The summed E-state index contributed by atoms with van der Waals surface area (Å²) in [6.07, 6.45) is 5.98. The minimum Gasteiger partial charge on any atom is -0.316 e. The van der Waals surface area contributed by atoms with E-state index >= 15 is 0 Å². The molecule has 0 amide bonds. The highest BCUT2D eigenvalue weighted by Crippen LogP contribution is 2.44. The highest BCUT2D eigenvalue weighted by atomic mass is 14.9. The van der Waals surface area contributed by atoms with Crippen LogP contribution in [0, 0.1) is 11.8 Å². The lowest BCUT2D eigenvalue weighted by Gasteiger charge is -2.12. The lowest BCUT2D eigenvalue weighted by molar-refractivity contribution is 0.451. The van der Waals surface area contributed by atoms with Gasteiger partial charge in [-0.05, 0) is 44.6 Å². The standard InChI is InChI=1S/C8H15N/c1-9-8-6-2-3-7(8)5-4-6/h6-9H,2-5H2,1H3. The van der Waals surface area contributed by atoms with Crippen molar-refractivity contribution >= 4 is 0 Å². The van der Waals surface area contributed by atoms with Crippen molar-refractivity contribution in [3.05, 3.63) is 0 Å². The fraction of sp³-hybridized carbons (Fsp3) is 1.00. The van der Waals surface area contributed by atoms with E-state index in [-0.39, 0.29) is 0 Å². The van der Waals surface area contributed by atoms with E-state index in [1.807, 2.05) is 0 Å². The first-order valence-corrected chi connectivity index (χ1v) is 4.09. The molecule has 2 saturated carbocycles. The number of fused-ring (bicyclic) bond motifs is 2. The van der Waals surface area contributed by atoms with Gasteiger partial charge in [0.25, 0.3) is 0 Å². The normalized spacial score (nSPS) is 48.3. The van der Waals surface area contributed by atoms with E-state index < -0.39 is 0 Å². The molecule has 2 rings (SSSR count). The molecule has 0 atom stereocenters. The van der Waals surface area contributed by atoms with Gasteiger partial charge in [0.05, 0.1) is 0 Å². The van der Waals surface area contributed by atoms with Crippen LogP contribution in [-0.4, -0.2) is 13.1 Å². The molecule has 0 aliphatic heterocycles. The smallest absolute Gasteiger partial charge is 0.0121 e. The van der Waals surface area contributed by atoms with Crippen molar-refractivity contribution in [2.45, 2.75) is 31.7 Å². The number of hydrogen-bond acceptors (Lipinski definition) is 1. The Labute approximate surface area is 56.8 Å². The van der Waals surface area contributed by atoms with E-state index in [9.17, 15) is 0 Å². The molecule has 52 valence electrons. The molecule has 0 spiro atoms. The number of rotatable bonds is 1. The summed E-state index contributed by atoms with van der Waals surface area (Å²) in [5.74, 6) is 2.08. The van der Waals surface area contributed by atoms with Crippen LogP contribution >= 0.6 is 0 Å². The van der Waals surface area contributed by atoms with Crippen molar-refractivity contribution < 1.29 is 0 Å². The van der Waals surface area contributed by atoms with Crippen LogP contribution in [0.3, 0.4) is 0 Å². The first-order valence-electron chi connectivity index (χ1n) is 4.09. The molecule has 0 saturated heterocycles. The molecule has 1 nitrogen and oxygen atoms in total. The van der Waals surface area contributed by atoms with Crippen LogP contribution in [0.15, 0.2) is 0 Å². The van der Waals surface area contributed by atoms with E-state index in [1.54, 1.807) is 0 Å². The zero-order chi connectivity index (χ0) is 6.27. The largest absolute Gasteiger partial charge is 0.316 e. The Morgan fingerprint density at radius 2 is 1.44 bits per heavy atom. The summed E-state index contributed by atoms with van der Waals surface area (Å²) in [5, 5.41) is 3.43. The molecule has 9 heavy (non-hydrogen) atoms. The van der Waals surface area contributed by atoms with E-state index in [0.29, 0.717) is 0 Å². The summed E-state index contributed by atoms with van der Waals surface area (Å²) in [7, 11) is 2.11. The molecule has 2 fully saturated rings. The fourth-order valence-electron chi connectivity index (χ4n) is 2.72. The molecule has 0 aromatic carbocycles. The first-order chi connectivity index (χ1) is 4.42. The summed E-state index contributed by atoms with van der Waals surface area (Å²) >= 11 is 0. The molecule has 2 aliphatic rings. The third-order valence-electron chi connectivity index (χ3n) is 3.17. The fourth-order valence-corrected chi connectivity index (χ4v) is 2.72. The Bertz CT molecular complexity index is 91.1. The average Bonchev–Trinajstić information content (AvgIpc) is 2.44. The second kappa shape index (κ2) is 1.98. The second-order valence-electron chi connectivity index (χ2n) is 3.49. The van der Waals surface area contributed by atoms with E-state index in [2.05, 4.69) is 12.4 Å². The van der Waals surface area contributed by atoms with Crippen LogP contribution < -0.4 is 5.32 Å². The Morgan fingerprint density at radius 3 is 1.67 bits per heavy atom. The van der Waals surface area contributed by atoms with Crippen LogP contribution in [0.1, 0.15) is 25.7 Å². The van der Waals surface area contributed by atoms with E-state index in [4.69, 9.17) is 0 Å². The van der Waals surface area contributed by atoms with Gasteiger partial charge in [-0.25, -0.2) is 0 Å². The van der Waals surface area contributed by atoms with Gasteiger partial charge in [0.1, 0.15) is 0 Å². The molecular formula is C8H15N. The monoisotopic (exact) mass is 125 g/mol. The molecule has 1 heteroatoms. The zero-order valence-corrected chi connectivity index (χ0v) is 6.06. The van der Waals surface area contributed by atoms with Crippen LogP contribution in [0.2, 0.25) is 0 Å². The molecular weight excluding hydrogens is 110 g/mol. The van der Waals surface area contributed by atoms with Crippen molar-refractivity contribution in [3.63, 3.8) is 0 Å². The van der Waals surface area contributed by atoms with Crippen LogP contribution in [0.25, 0.3) is 0 Å². The van der Waals surface area contributed by atoms with Crippen molar-refractivity contribution in [1.82, 2.24) is 5.32 Å². The van der Waals surface area contributed by atoms with Crippen LogP contribution in [-0.2, 0) is 0 Å². The predicted octanol–water partition coefficient (Wildman–Crippen LogP) is 1.39. The van der Waals surface area contributed by atoms with Gasteiger partial charge in [-0.2, -0.15) is 0 Å². The SMILES string of the molecule is CNC1C2CCC1CC2. The van der Waals surface area contributed by atoms with E-state index in [0.717, 1.165) is 17.9 Å². The van der Waals surface area contributed by atoms with Crippen molar-refractivity contribution in [1.29, 1.82) is 0 Å². The first kappa shape index (κ1) is 5.72. The number of nitrogens with one attached hydrogen (secondary N) is 1. The summed E-state index contributed by atoms with van der Waals surface area (Å²) in [5.41, 5.74) is 0. The summed E-state index contributed by atoms with van der Waals surface area (Å²) in [4.78, 5) is 0. The zero-order valence-electron chi connectivity index (χ0n) is 6.06. The maximum atomic E-state index is 3.43. The van der Waals surface area contributed by atoms with Gasteiger partial charge in [0, 0.05) is 6.04 Å².